The van der Waals surface area contributed by atoms with Gasteiger partial charge in [-0.15, -0.1) is 0 Å². The van der Waals surface area contributed by atoms with Crippen molar-refractivity contribution in [1.82, 2.24) is 9.47 Å². The molecule has 150 valence electrons. The standard InChI is InChI=1S/C23H30ClN3O/c1-18(28)27-17-19(22-6-2-3-7-23(22)27)5-4-12-25-13-15-26(16-14-25)21-10-8-20(24)9-11-21/h8-11,17H,2-7,12-16H2,1H3. The molecule has 1 aromatic heterocycles. The molecule has 2 aromatic rings. The van der Waals surface area contributed by atoms with Crippen LogP contribution in [0.15, 0.2) is 30.5 Å². The van der Waals surface area contributed by atoms with Crippen LogP contribution in [0, 0.1) is 0 Å². The number of anilines is 1. The number of aromatic nitrogens is 1. The Balaban J connectivity index is 1.28. The summed E-state index contributed by atoms with van der Waals surface area (Å²) < 4.78 is 1.91. The zero-order valence-corrected chi connectivity index (χ0v) is 17.5. The number of benzene rings is 1. The fourth-order valence-electron chi connectivity index (χ4n) is 4.68. The van der Waals surface area contributed by atoms with Gasteiger partial charge in [0.15, 0.2) is 0 Å². The molecular weight excluding hydrogens is 370 g/mol. The quantitative estimate of drug-likeness (QED) is 0.744. The molecule has 1 aromatic carbocycles. The van der Waals surface area contributed by atoms with Crippen LogP contribution >= 0.6 is 11.6 Å². The van der Waals surface area contributed by atoms with Gasteiger partial charge in [0.1, 0.15) is 0 Å². The SMILES string of the molecule is CC(=O)n1cc(CCCN2CCN(c3ccc(Cl)cc3)CC2)c2c1CCCC2. The summed E-state index contributed by atoms with van der Waals surface area (Å²) in [5.74, 6) is 0.155. The summed E-state index contributed by atoms with van der Waals surface area (Å²) >= 11 is 6.00. The third-order valence-corrected chi connectivity index (χ3v) is 6.48. The van der Waals surface area contributed by atoms with E-state index in [-0.39, 0.29) is 5.91 Å². The maximum absolute atomic E-state index is 12.0. The van der Waals surface area contributed by atoms with Crippen LogP contribution in [0.4, 0.5) is 5.69 Å². The van der Waals surface area contributed by atoms with Crippen LogP contribution in [-0.4, -0.2) is 48.1 Å². The van der Waals surface area contributed by atoms with Gasteiger partial charge in [0.25, 0.3) is 0 Å². The third-order valence-electron chi connectivity index (χ3n) is 6.23. The minimum atomic E-state index is 0.155. The number of piperazine rings is 1. The lowest BCUT2D eigenvalue weighted by Gasteiger charge is -2.36. The Morgan fingerprint density at radius 3 is 2.46 bits per heavy atom. The molecule has 0 amide bonds. The maximum atomic E-state index is 12.0. The Kier molecular flexibility index (Phi) is 6.07. The summed E-state index contributed by atoms with van der Waals surface area (Å²) in [6.07, 6.45) is 9.04. The lowest BCUT2D eigenvalue weighted by molar-refractivity contribution is 0.0933. The number of hydrogen-bond acceptors (Lipinski definition) is 3. The number of fused-ring (bicyclic) bond motifs is 1. The second-order valence-corrected chi connectivity index (χ2v) is 8.52. The predicted molar refractivity (Wildman–Crippen MR) is 116 cm³/mol. The van der Waals surface area contributed by atoms with E-state index in [4.69, 9.17) is 11.6 Å². The Bertz CT molecular complexity index is 819. The number of rotatable bonds is 5. The molecule has 2 aliphatic rings. The maximum Gasteiger partial charge on any atom is 0.227 e. The Morgan fingerprint density at radius 1 is 1.04 bits per heavy atom. The van der Waals surface area contributed by atoms with Crippen molar-refractivity contribution >= 4 is 23.2 Å². The van der Waals surface area contributed by atoms with Crippen molar-refractivity contribution in [3.8, 4) is 0 Å². The minimum absolute atomic E-state index is 0.155. The van der Waals surface area contributed by atoms with Gasteiger partial charge in [0, 0.05) is 55.7 Å². The number of hydrogen-bond donors (Lipinski definition) is 0. The van der Waals surface area contributed by atoms with Crippen molar-refractivity contribution in [1.29, 1.82) is 0 Å². The summed E-state index contributed by atoms with van der Waals surface area (Å²) in [4.78, 5) is 17.0. The summed E-state index contributed by atoms with van der Waals surface area (Å²) in [7, 11) is 0. The summed E-state index contributed by atoms with van der Waals surface area (Å²) in [5.41, 5.74) is 5.42. The number of nitrogens with zero attached hydrogens (tertiary/aromatic N) is 3. The van der Waals surface area contributed by atoms with Crippen molar-refractivity contribution < 1.29 is 4.79 Å². The van der Waals surface area contributed by atoms with Gasteiger partial charge in [-0.05, 0) is 80.5 Å². The highest BCUT2D eigenvalue weighted by Crippen LogP contribution is 2.27. The summed E-state index contributed by atoms with van der Waals surface area (Å²) in [6.45, 7) is 7.16. The fraction of sp³-hybridized carbons (Fsp3) is 0.522. The van der Waals surface area contributed by atoms with Gasteiger partial charge >= 0.3 is 0 Å². The first-order valence-electron chi connectivity index (χ1n) is 10.6. The van der Waals surface area contributed by atoms with Crippen LogP contribution in [-0.2, 0) is 19.3 Å². The van der Waals surface area contributed by atoms with Crippen LogP contribution in [0.1, 0.15) is 47.8 Å². The molecule has 5 heteroatoms. The molecule has 0 bridgehead atoms. The van der Waals surface area contributed by atoms with Crippen molar-refractivity contribution in [2.75, 3.05) is 37.6 Å². The molecule has 0 radical (unpaired) electrons. The third kappa shape index (κ3) is 4.28. The summed E-state index contributed by atoms with van der Waals surface area (Å²) in [5, 5.41) is 0.795. The molecule has 0 N–H and O–H groups in total. The molecule has 1 fully saturated rings. The molecule has 1 aliphatic carbocycles. The Morgan fingerprint density at radius 2 is 1.75 bits per heavy atom. The zero-order valence-electron chi connectivity index (χ0n) is 16.8. The van der Waals surface area contributed by atoms with E-state index in [0.717, 1.165) is 63.4 Å². The van der Waals surface area contributed by atoms with E-state index in [1.165, 1.54) is 35.3 Å². The normalized spacial score (nSPS) is 17.6. The second-order valence-electron chi connectivity index (χ2n) is 8.08. The monoisotopic (exact) mass is 399 g/mol. The molecule has 1 saturated heterocycles. The topological polar surface area (TPSA) is 28.5 Å². The predicted octanol–water partition coefficient (Wildman–Crippen LogP) is 4.44. The highest BCUT2D eigenvalue weighted by atomic mass is 35.5. The molecule has 0 atom stereocenters. The van der Waals surface area contributed by atoms with E-state index in [9.17, 15) is 4.79 Å². The van der Waals surface area contributed by atoms with Crippen LogP contribution in [0.3, 0.4) is 0 Å². The molecule has 0 spiro atoms. The Labute approximate surface area is 173 Å². The highest BCUT2D eigenvalue weighted by Gasteiger charge is 2.21. The van der Waals surface area contributed by atoms with Gasteiger partial charge in [0.2, 0.25) is 5.91 Å². The largest absolute Gasteiger partial charge is 0.369 e. The van der Waals surface area contributed by atoms with Crippen LogP contribution in [0.5, 0.6) is 0 Å². The lowest BCUT2D eigenvalue weighted by Crippen LogP contribution is -2.46. The van der Waals surface area contributed by atoms with Gasteiger partial charge in [-0.25, -0.2) is 0 Å². The molecular formula is C23H30ClN3O. The molecule has 1 aliphatic heterocycles. The van der Waals surface area contributed by atoms with Gasteiger partial charge in [0.05, 0.1) is 0 Å². The van der Waals surface area contributed by atoms with E-state index in [1.54, 1.807) is 6.92 Å². The van der Waals surface area contributed by atoms with Gasteiger partial charge in [-0.2, -0.15) is 0 Å². The number of carbonyl (C=O) groups excluding carboxylic acids is 1. The van der Waals surface area contributed by atoms with Crippen LogP contribution in [0.25, 0.3) is 0 Å². The lowest BCUT2D eigenvalue weighted by atomic mass is 9.93. The second kappa shape index (κ2) is 8.71. The molecule has 0 saturated carbocycles. The van der Waals surface area contributed by atoms with Crippen LogP contribution < -0.4 is 4.90 Å². The average molecular weight is 400 g/mol. The van der Waals surface area contributed by atoms with Crippen LogP contribution in [0.2, 0.25) is 5.02 Å². The van der Waals surface area contributed by atoms with Gasteiger partial charge in [-0.3, -0.25) is 14.3 Å². The van der Waals surface area contributed by atoms with Gasteiger partial charge in [-0.1, -0.05) is 11.6 Å². The number of halogens is 1. The van der Waals surface area contributed by atoms with E-state index < -0.39 is 0 Å². The smallest absolute Gasteiger partial charge is 0.227 e. The van der Waals surface area contributed by atoms with Crippen molar-refractivity contribution in [3.63, 3.8) is 0 Å². The van der Waals surface area contributed by atoms with E-state index >= 15 is 0 Å². The molecule has 4 nitrogen and oxygen atoms in total. The van der Waals surface area contributed by atoms with Gasteiger partial charge < -0.3 is 4.90 Å². The van der Waals surface area contributed by atoms with Crippen molar-refractivity contribution in [2.45, 2.75) is 45.4 Å². The van der Waals surface area contributed by atoms with E-state index in [1.807, 2.05) is 16.7 Å². The first-order valence-corrected chi connectivity index (χ1v) is 11.0. The van der Waals surface area contributed by atoms with Crippen molar-refractivity contribution in [2.24, 2.45) is 0 Å². The molecule has 0 unspecified atom stereocenters. The zero-order chi connectivity index (χ0) is 19.5. The Hall–Kier alpha value is -1.78. The number of carbonyl (C=O) groups is 1. The first kappa shape index (κ1) is 19.5. The highest BCUT2D eigenvalue weighted by molar-refractivity contribution is 6.30. The van der Waals surface area contributed by atoms with Crippen molar-refractivity contribution in [3.05, 3.63) is 52.3 Å². The minimum Gasteiger partial charge on any atom is -0.369 e. The summed E-state index contributed by atoms with van der Waals surface area (Å²) in [6, 6.07) is 8.16. The molecule has 2 heterocycles. The molecule has 28 heavy (non-hydrogen) atoms. The molecule has 4 rings (SSSR count). The number of aryl methyl sites for hydroxylation is 1. The first-order chi connectivity index (χ1) is 13.6. The van der Waals surface area contributed by atoms with E-state index in [0.29, 0.717) is 0 Å². The fourth-order valence-corrected chi connectivity index (χ4v) is 4.81. The average Bonchev–Trinajstić information content (AvgIpc) is 3.08. The van der Waals surface area contributed by atoms with E-state index in [2.05, 4.69) is 28.1 Å².